The maximum absolute atomic E-state index is 12.3. The third-order valence-electron chi connectivity index (χ3n) is 4.96. The lowest BCUT2D eigenvalue weighted by Crippen LogP contribution is -2.39. The second-order valence-corrected chi connectivity index (χ2v) is 6.42. The Morgan fingerprint density at radius 2 is 1.74 bits per heavy atom. The SMILES string of the molecule is CNCCC1CCN(C(=O)CC2CCCCC2)CC1. The summed E-state index contributed by atoms with van der Waals surface area (Å²) in [5.41, 5.74) is 0. The minimum absolute atomic E-state index is 0.430. The van der Waals surface area contributed by atoms with Gasteiger partial charge in [-0.2, -0.15) is 0 Å². The molecule has 0 bridgehead atoms. The van der Waals surface area contributed by atoms with Gasteiger partial charge in [-0.25, -0.2) is 0 Å². The molecule has 1 aliphatic heterocycles. The number of carbonyl (C=O) groups excluding carboxylic acids is 1. The number of likely N-dealkylation sites (tertiary alicyclic amines) is 1. The molecule has 3 nitrogen and oxygen atoms in total. The van der Waals surface area contributed by atoms with Crippen LogP contribution >= 0.6 is 0 Å². The number of nitrogens with one attached hydrogen (secondary N) is 1. The van der Waals surface area contributed by atoms with Gasteiger partial charge in [0.05, 0.1) is 0 Å². The maximum Gasteiger partial charge on any atom is 0.222 e. The molecule has 1 N–H and O–H groups in total. The van der Waals surface area contributed by atoms with E-state index in [9.17, 15) is 4.79 Å². The number of hydrogen-bond donors (Lipinski definition) is 1. The van der Waals surface area contributed by atoms with Crippen LogP contribution < -0.4 is 5.32 Å². The van der Waals surface area contributed by atoms with Gasteiger partial charge in [0, 0.05) is 19.5 Å². The standard InChI is InChI=1S/C16H30N2O/c1-17-10-7-14-8-11-18(12-9-14)16(19)13-15-5-3-2-4-6-15/h14-15,17H,2-13H2,1H3. The molecule has 1 amide bonds. The highest BCUT2D eigenvalue weighted by atomic mass is 16.2. The summed E-state index contributed by atoms with van der Waals surface area (Å²) < 4.78 is 0. The molecule has 0 aromatic rings. The average Bonchev–Trinajstić information content (AvgIpc) is 2.46. The Balaban J connectivity index is 1.67. The lowest BCUT2D eigenvalue weighted by Gasteiger charge is -2.33. The summed E-state index contributed by atoms with van der Waals surface area (Å²) in [6, 6.07) is 0. The van der Waals surface area contributed by atoms with Crippen molar-refractivity contribution in [1.82, 2.24) is 10.2 Å². The number of piperidine rings is 1. The Morgan fingerprint density at radius 1 is 1.05 bits per heavy atom. The van der Waals surface area contributed by atoms with Gasteiger partial charge < -0.3 is 10.2 Å². The van der Waals surface area contributed by atoms with Crippen molar-refractivity contribution in [3.8, 4) is 0 Å². The number of rotatable bonds is 5. The Morgan fingerprint density at radius 3 is 2.37 bits per heavy atom. The first kappa shape index (κ1) is 14.8. The van der Waals surface area contributed by atoms with E-state index < -0.39 is 0 Å². The topological polar surface area (TPSA) is 32.3 Å². The zero-order valence-corrected chi connectivity index (χ0v) is 12.5. The zero-order valence-electron chi connectivity index (χ0n) is 12.5. The fourth-order valence-electron chi connectivity index (χ4n) is 3.59. The van der Waals surface area contributed by atoms with Gasteiger partial charge in [-0.15, -0.1) is 0 Å². The van der Waals surface area contributed by atoms with E-state index in [0.29, 0.717) is 11.8 Å². The smallest absolute Gasteiger partial charge is 0.222 e. The first-order valence-electron chi connectivity index (χ1n) is 8.22. The molecule has 2 aliphatic rings. The van der Waals surface area contributed by atoms with E-state index in [1.165, 1.54) is 51.4 Å². The van der Waals surface area contributed by atoms with Crippen LogP contribution in [0, 0.1) is 11.8 Å². The average molecular weight is 266 g/mol. The van der Waals surface area contributed by atoms with Crippen molar-refractivity contribution in [3.05, 3.63) is 0 Å². The van der Waals surface area contributed by atoms with Gasteiger partial charge in [0.25, 0.3) is 0 Å². The van der Waals surface area contributed by atoms with E-state index in [0.717, 1.165) is 32.0 Å². The van der Waals surface area contributed by atoms with Gasteiger partial charge in [0.15, 0.2) is 0 Å². The summed E-state index contributed by atoms with van der Waals surface area (Å²) in [7, 11) is 2.02. The van der Waals surface area contributed by atoms with E-state index in [4.69, 9.17) is 0 Å². The maximum atomic E-state index is 12.3. The monoisotopic (exact) mass is 266 g/mol. The molecule has 0 atom stereocenters. The predicted molar refractivity (Wildman–Crippen MR) is 79.0 cm³/mol. The Kier molecular flexibility index (Phi) is 6.15. The van der Waals surface area contributed by atoms with Gasteiger partial charge in [0.1, 0.15) is 0 Å². The van der Waals surface area contributed by atoms with Crippen molar-refractivity contribution < 1.29 is 4.79 Å². The van der Waals surface area contributed by atoms with Crippen LogP contribution in [0.5, 0.6) is 0 Å². The Bertz CT molecular complexity index is 266. The molecule has 0 aromatic carbocycles. The highest BCUT2D eigenvalue weighted by molar-refractivity contribution is 5.76. The van der Waals surface area contributed by atoms with E-state index in [1.807, 2.05) is 7.05 Å². The fourth-order valence-corrected chi connectivity index (χ4v) is 3.59. The normalized spacial score (nSPS) is 22.7. The molecular weight excluding hydrogens is 236 g/mol. The van der Waals surface area contributed by atoms with Crippen LogP contribution in [0.15, 0.2) is 0 Å². The van der Waals surface area contributed by atoms with E-state index in [-0.39, 0.29) is 0 Å². The molecule has 1 saturated heterocycles. The summed E-state index contributed by atoms with van der Waals surface area (Å²) in [5.74, 6) is 1.94. The van der Waals surface area contributed by atoms with Crippen LogP contribution in [0.3, 0.4) is 0 Å². The Hall–Kier alpha value is -0.570. The highest BCUT2D eigenvalue weighted by Crippen LogP contribution is 2.28. The molecule has 0 spiro atoms. The lowest BCUT2D eigenvalue weighted by atomic mass is 9.86. The van der Waals surface area contributed by atoms with Crippen LogP contribution in [0.4, 0.5) is 0 Å². The highest BCUT2D eigenvalue weighted by Gasteiger charge is 2.25. The van der Waals surface area contributed by atoms with Crippen molar-refractivity contribution in [2.45, 2.75) is 57.8 Å². The summed E-state index contributed by atoms with van der Waals surface area (Å²) in [4.78, 5) is 14.4. The second kappa shape index (κ2) is 7.88. The van der Waals surface area contributed by atoms with E-state index in [2.05, 4.69) is 10.2 Å². The predicted octanol–water partition coefficient (Wildman–Crippen LogP) is 2.80. The van der Waals surface area contributed by atoms with Crippen LogP contribution in [0.2, 0.25) is 0 Å². The van der Waals surface area contributed by atoms with Crippen molar-refractivity contribution in [1.29, 1.82) is 0 Å². The van der Waals surface area contributed by atoms with E-state index in [1.54, 1.807) is 0 Å². The minimum Gasteiger partial charge on any atom is -0.343 e. The number of hydrogen-bond acceptors (Lipinski definition) is 2. The lowest BCUT2D eigenvalue weighted by molar-refractivity contribution is -0.133. The van der Waals surface area contributed by atoms with Crippen molar-refractivity contribution in [3.63, 3.8) is 0 Å². The summed E-state index contributed by atoms with van der Waals surface area (Å²) >= 11 is 0. The summed E-state index contributed by atoms with van der Waals surface area (Å²) in [6.07, 6.45) is 11.1. The number of carbonyl (C=O) groups is 1. The summed E-state index contributed by atoms with van der Waals surface area (Å²) in [5, 5.41) is 3.22. The quantitative estimate of drug-likeness (QED) is 0.830. The number of amides is 1. The third kappa shape index (κ3) is 4.79. The van der Waals surface area contributed by atoms with Gasteiger partial charge in [0.2, 0.25) is 5.91 Å². The fraction of sp³-hybridized carbons (Fsp3) is 0.938. The molecule has 1 saturated carbocycles. The van der Waals surface area contributed by atoms with Gasteiger partial charge >= 0.3 is 0 Å². The van der Waals surface area contributed by atoms with Crippen LogP contribution in [0.25, 0.3) is 0 Å². The molecule has 0 aromatic heterocycles. The molecule has 0 radical (unpaired) electrons. The third-order valence-corrected chi connectivity index (χ3v) is 4.96. The number of nitrogens with zero attached hydrogens (tertiary/aromatic N) is 1. The second-order valence-electron chi connectivity index (χ2n) is 6.42. The molecule has 1 heterocycles. The molecule has 0 unspecified atom stereocenters. The molecule has 2 rings (SSSR count). The molecule has 2 fully saturated rings. The summed E-state index contributed by atoms with van der Waals surface area (Å²) in [6.45, 7) is 3.11. The molecule has 19 heavy (non-hydrogen) atoms. The van der Waals surface area contributed by atoms with Crippen LogP contribution in [-0.2, 0) is 4.79 Å². The van der Waals surface area contributed by atoms with Crippen LogP contribution in [0.1, 0.15) is 57.8 Å². The Labute approximate surface area is 118 Å². The zero-order chi connectivity index (χ0) is 13.5. The van der Waals surface area contributed by atoms with Gasteiger partial charge in [-0.3, -0.25) is 4.79 Å². The molecular formula is C16H30N2O. The molecule has 3 heteroatoms. The largest absolute Gasteiger partial charge is 0.343 e. The van der Waals surface area contributed by atoms with Gasteiger partial charge in [-0.05, 0) is 57.5 Å². The van der Waals surface area contributed by atoms with Crippen molar-refractivity contribution in [2.75, 3.05) is 26.7 Å². The molecule has 110 valence electrons. The van der Waals surface area contributed by atoms with E-state index >= 15 is 0 Å². The van der Waals surface area contributed by atoms with Gasteiger partial charge in [-0.1, -0.05) is 19.3 Å². The van der Waals surface area contributed by atoms with Crippen molar-refractivity contribution in [2.24, 2.45) is 11.8 Å². The van der Waals surface area contributed by atoms with Crippen molar-refractivity contribution >= 4 is 5.91 Å². The first-order chi connectivity index (χ1) is 9.29. The minimum atomic E-state index is 0.430. The first-order valence-corrected chi connectivity index (χ1v) is 8.22. The molecule has 1 aliphatic carbocycles. The van der Waals surface area contributed by atoms with Crippen LogP contribution in [-0.4, -0.2) is 37.5 Å².